The lowest BCUT2D eigenvalue weighted by Gasteiger charge is -2.32. The van der Waals surface area contributed by atoms with Crippen molar-refractivity contribution in [1.82, 2.24) is 0 Å². The molecular weight excluding hydrogens is 251 g/mol. The number of rotatable bonds is 4. The number of benzene rings is 1. The first-order chi connectivity index (χ1) is 9.36. The molecule has 1 aliphatic rings. The Morgan fingerprint density at radius 3 is 2.40 bits per heavy atom. The molecule has 0 amide bonds. The number of hydrogen-bond donors (Lipinski definition) is 0. The van der Waals surface area contributed by atoms with E-state index in [1.165, 1.54) is 0 Å². The number of ether oxygens (including phenoxy) is 1. The van der Waals surface area contributed by atoms with Crippen molar-refractivity contribution in [2.24, 2.45) is 0 Å². The Balaban J connectivity index is 2.12. The maximum atomic E-state index is 6.04. The highest BCUT2D eigenvalue weighted by Gasteiger charge is 2.51. The fourth-order valence-electron chi connectivity index (χ4n) is 1.97. The van der Waals surface area contributed by atoms with Crippen LogP contribution in [0.5, 0.6) is 5.75 Å². The average molecular weight is 274 g/mol. The Labute approximate surface area is 122 Å². The Bertz CT molecular complexity index is 478. The smallest absolute Gasteiger partial charge is 0.490 e. The van der Waals surface area contributed by atoms with Gasteiger partial charge in [-0.2, -0.15) is 0 Å². The highest BCUT2D eigenvalue weighted by molar-refractivity contribution is 6.62. The van der Waals surface area contributed by atoms with Gasteiger partial charge in [0, 0.05) is 0 Å². The van der Waals surface area contributed by atoms with E-state index in [9.17, 15) is 0 Å². The quantitative estimate of drug-likeness (QED) is 0.624. The molecule has 20 heavy (non-hydrogen) atoms. The molecule has 0 saturated carbocycles. The third-order valence-corrected chi connectivity index (χ3v) is 3.97. The average Bonchev–Trinajstić information content (AvgIpc) is 2.59. The molecule has 0 unspecified atom stereocenters. The van der Waals surface area contributed by atoms with E-state index in [0.717, 1.165) is 11.2 Å². The van der Waals surface area contributed by atoms with Crippen LogP contribution in [-0.2, 0) is 9.31 Å². The van der Waals surface area contributed by atoms with Crippen LogP contribution in [0.3, 0.4) is 0 Å². The monoisotopic (exact) mass is 274 g/mol. The van der Waals surface area contributed by atoms with E-state index in [0.29, 0.717) is 6.61 Å². The summed E-state index contributed by atoms with van der Waals surface area (Å²) < 4.78 is 17.7. The second-order valence-corrected chi connectivity index (χ2v) is 6.04. The summed E-state index contributed by atoms with van der Waals surface area (Å²) in [6, 6.07) is 7.89. The third-order valence-electron chi connectivity index (χ3n) is 3.97. The molecule has 1 heterocycles. The standard InChI is InChI=1S/C16H23BO3/c1-6-7-11-18-14-10-8-9-13(12-14)17-19-15(2,3)16(4,5)20-17/h6-10,12H,11H2,1-5H3. The topological polar surface area (TPSA) is 27.7 Å². The summed E-state index contributed by atoms with van der Waals surface area (Å²) in [4.78, 5) is 0. The highest BCUT2D eigenvalue weighted by Crippen LogP contribution is 2.36. The Kier molecular flexibility index (Phi) is 4.26. The van der Waals surface area contributed by atoms with Crippen LogP contribution in [0.2, 0.25) is 0 Å². The molecule has 0 radical (unpaired) electrons. The molecule has 4 heteroatoms. The molecule has 1 fully saturated rings. The number of hydrogen-bond acceptors (Lipinski definition) is 3. The van der Waals surface area contributed by atoms with E-state index in [-0.39, 0.29) is 18.3 Å². The van der Waals surface area contributed by atoms with Crippen LogP contribution < -0.4 is 10.2 Å². The van der Waals surface area contributed by atoms with Crippen molar-refractivity contribution in [1.29, 1.82) is 0 Å². The molecule has 1 aliphatic heterocycles. The first kappa shape index (κ1) is 15.1. The minimum absolute atomic E-state index is 0.320. The van der Waals surface area contributed by atoms with Crippen LogP contribution in [0, 0.1) is 0 Å². The Morgan fingerprint density at radius 2 is 1.80 bits per heavy atom. The first-order valence-corrected chi connectivity index (χ1v) is 7.05. The molecule has 0 atom stereocenters. The van der Waals surface area contributed by atoms with Crippen LogP contribution >= 0.6 is 0 Å². The van der Waals surface area contributed by atoms with Gasteiger partial charge in [-0.15, -0.1) is 0 Å². The Hall–Kier alpha value is -1.26. The van der Waals surface area contributed by atoms with E-state index >= 15 is 0 Å². The van der Waals surface area contributed by atoms with Gasteiger partial charge in [-0.1, -0.05) is 24.3 Å². The molecule has 3 nitrogen and oxygen atoms in total. The molecule has 0 bridgehead atoms. The molecule has 0 spiro atoms. The van der Waals surface area contributed by atoms with Gasteiger partial charge in [0.2, 0.25) is 0 Å². The summed E-state index contributed by atoms with van der Waals surface area (Å²) in [5.41, 5.74) is 0.348. The molecule has 108 valence electrons. The molecule has 1 saturated heterocycles. The van der Waals surface area contributed by atoms with Gasteiger partial charge in [-0.3, -0.25) is 0 Å². The van der Waals surface area contributed by atoms with Gasteiger partial charge in [-0.25, -0.2) is 0 Å². The molecule has 2 rings (SSSR count). The summed E-state index contributed by atoms with van der Waals surface area (Å²) in [7, 11) is -0.342. The van der Waals surface area contributed by atoms with E-state index in [1.807, 2.05) is 43.3 Å². The normalized spacial score (nSPS) is 20.6. The fourth-order valence-corrected chi connectivity index (χ4v) is 1.97. The predicted molar refractivity (Wildman–Crippen MR) is 82.5 cm³/mol. The minimum Gasteiger partial charge on any atom is -0.490 e. The summed E-state index contributed by atoms with van der Waals surface area (Å²) in [5, 5.41) is 0. The van der Waals surface area contributed by atoms with Crippen molar-refractivity contribution in [2.75, 3.05) is 6.61 Å². The zero-order valence-electron chi connectivity index (χ0n) is 13.0. The minimum atomic E-state index is -0.342. The largest absolute Gasteiger partial charge is 0.494 e. The van der Waals surface area contributed by atoms with E-state index in [1.54, 1.807) is 0 Å². The third kappa shape index (κ3) is 3.07. The van der Waals surface area contributed by atoms with Gasteiger partial charge in [-0.05, 0) is 52.2 Å². The molecule has 0 aromatic heterocycles. The maximum Gasteiger partial charge on any atom is 0.494 e. The molecule has 1 aromatic carbocycles. The lowest BCUT2D eigenvalue weighted by Crippen LogP contribution is -2.41. The van der Waals surface area contributed by atoms with Crippen LogP contribution in [0.4, 0.5) is 0 Å². The lowest BCUT2D eigenvalue weighted by atomic mass is 9.79. The second-order valence-electron chi connectivity index (χ2n) is 6.04. The van der Waals surface area contributed by atoms with Crippen molar-refractivity contribution in [3.05, 3.63) is 36.4 Å². The van der Waals surface area contributed by atoms with Gasteiger partial charge in [0.25, 0.3) is 0 Å². The molecule has 0 aliphatic carbocycles. The summed E-state index contributed by atoms with van der Waals surface area (Å²) >= 11 is 0. The van der Waals surface area contributed by atoms with Crippen molar-refractivity contribution in [2.45, 2.75) is 45.8 Å². The maximum absolute atomic E-state index is 6.04. The van der Waals surface area contributed by atoms with Gasteiger partial charge < -0.3 is 14.0 Å². The van der Waals surface area contributed by atoms with Crippen LogP contribution in [0.1, 0.15) is 34.6 Å². The summed E-state index contributed by atoms with van der Waals surface area (Å²) in [6.07, 6.45) is 3.94. The molecular formula is C16H23BO3. The highest BCUT2D eigenvalue weighted by atomic mass is 16.7. The van der Waals surface area contributed by atoms with Crippen LogP contribution in [0.25, 0.3) is 0 Å². The van der Waals surface area contributed by atoms with E-state index < -0.39 is 0 Å². The van der Waals surface area contributed by atoms with Gasteiger partial charge in [0.05, 0.1) is 11.2 Å². The first-order valence-electron chi connectivity index (χ1n) is 7.05. The Morgan fingerprint density at radius 1 is 1.15 bits per heavy atom. The van der Waals surface area contributed by atoms with Gasteiger partial charge >= 0.3 is 7.12 Å². The van der Waals surface area contributed by atoms with E-state index in [2.05, 4.69) is 27.7 Å². The van der Waals surface area contributed by atoms with Crippen LogP contribution in [-0.4, -0.2) is 24.9 Å². The molecule has 1 aromatic rings. The van der Waals surface area contributed by atoms with E-state index in [4.69, 9.17) is 14.0 Å². The lowest BCUT2D eigenvalue weighted by molar-refractivity contribution is 0.00578. The molecule has 0 N–H and O–H groups in total. The van der Waals surface area contributed by atoms with Crippen molar-refractivity contribution in [3.63, 3.8) is 0 Å². The van der Waals surface area contributed by atoms with Crippen molar-refractivity contribution >= 4 is 12.6 Å². The van der Waals surface area contributed by atoms with Crippen molar-refractivity contribution < 1.29 is 14.0 Å². The van der Waals surface area contributed by atoms with Crippen molar-refractivity contribution in [3.8, 4) is 5.75 Å². The fraction of sp³-hybridized carbons (Fsp3) is 0.500. The summed E-state index contributed by atoms with van der Waals surface area (Å²) in [6.45, 7) is 10.8. The van der Waals surface area contributed by atoms with Gasteiger partial charge in [0.1, 0.15) is 12.4 Å². The second kappa shape index (κ2) is 5.62. The predicted octanol–water partition coefficient (Wildman–Crippen LogP) is 2.94. The zero-order chi connectivity index (χ0) is 14.8. The van der Waals surface area contributed by atoms with Gasteiger partial charge in [0.15, 0.2) is 0 Å². The summed E-state index contributed by atoms with van der Waals surface area (Å²) in [5.74, 6) is 0.829. The number of allylic oxidation sites excluding steroid dienone is 1. The SMILES string of the molecule is CC=CCOc1cccc(B2OC(C)(C)C(C)(C)O2)c1. The van der Waals surface area contributed by atoms with Crippen LogP contribution in [0.15, 0.2) is 36.4 Å². The zero-order valence-corrected chi connectivity index (χ0v) is 13.0.